The third-order valence-corrected chi connectivity index (χ3v) is 5.16. The van der Waals surface area contributed by atoms with Crippen molar-refractivity contribution >= 4 is 23.2 Å². The van der Waals surface area contributed by atoms with Gasteiger partial charge in [0.15, 0.2) is 5.69 Å². The molecule has 1 amide bonds. The summed E-state index contributed by atoms with van der Waals surface area (Å²) >= 11 is 1.34. The Kier molecular flexibility index (Phi) is 8.92. The maximum absolute atomic E-state index is 13.4. The Morgan fingerprint density at radius 2 is 1.79 bits per heavy atom. The lowest BCUT2D eigenvalue weighted by Crippen LogP contribution is -2.32. The molecule has 1 heterocycles. The van der Waals surface area contributed by atoms with E-state index in [-0.39, 0.29) is 11.6 Å². The molecule has 0 atom stereocenters. The van der Waals surface area contributed by atoms with Gasteiger partial charge >= 0.3 is 5.97 Å². The van der Waals surface area contributed by atoms with Crippen LogP contribution in [0.1, 0.15) is 59.0 Å². The number of methoxy groups -OCH3 is 2. The van der Waals surface area contributed by atoms with Crippen LogP contribution in [0, 0.1) is 0 Å². The number of hydrogen-bond donors (Lipinski definition) is 0. The molecule has 0 unspecified atom stereocenters. The number of unbranched alkanes of at least 4 members (excludes halogenated alkanes) is 2. The molecule has 158 valence electrons. The first-order valence-corrected chi connectivity index (χ1v) is 10.5. The summed E-state index contributed by atoms with van der Waals surface area (Å²) in [5.74, 6) is 0.274. The molecular formula is C21H28N2O5S. The molecule has 1 aromatic carbocycles. The molecule has 8 heteroatoms. The highest BCUT2D eigenvalue weighted by atomic mass is 32.1. The van der Waals surface area contributed by atoms with Crippen molar-refractivity contribution in [3.63, 3.8) is 0 Å². The van der Waals surface area contributed by atoms with E-state index in [1.807, 2.05) is 0 Å². The van der Waals surface area contributed by atoms with Crippen LogP contribution >= 0.6 is 11.3 Å². The van der Waals surface area contributed by atoms with Gasteiger partial charge in [0.05, 0.1) is 27.4 Å². The lowest BCUT2D eigenvalue weighted by atomic mass is 10.1. The topological polar surface area (TPSA) is 78.0 Å². The maximum atomic E-state index is 13.4. The van der Waals surface area contributed by atoms with Gasteiger partial charge in [-0.2, -0.15) is 0 Å². The van der Waals surface area contributed by atoms with Crippen molar-refractivity contribution in [2.75, 3.05) is 27.4 Å². The fraction of sp³-hybridized carbons (Fsp3) is 0.476. The second-order valence-electron chi connectivity index (χ2n) is 6.32. The van der Waals surface area contributed by atoms with Crippen LogP contribution in [0.15, 0.2) is 23.6 Å². The smallest absolute Gasteiger partial charge is 0.357 e. The molecule has 0 aliphatic heterocycles. The van der Waals surface area contributed by atoms with E-state index in [1.165, 1.54) is 25.6 Å². The number of esters is 1. The Morgan fingerprint density at radius 1 is 1.10 bits per heavy atom. The van der Waals surface area contributed by atoms with Gasteiger partial charge in [0.1, 0.15) is 22.1 Å². The minimum Gasteiger partial charge on any atom is -0.496 e. The van der Waals surface area contributed by atoms with E-state index in [1.54, 1.807) is 35.4 Å². The van der Waals surface area contributed by atoms with E-state index < -0.39 is 5.97 Å². The number of rotatable bonds is 11. The Bertz CT molecular complexity index is 799. The summed E-state index contributed by atoms with van der Waals surface area (Å²) in [5.41, 5.74) is 0.652. The van der Waals surface area contributed by atoms with Crippen molar-refractivity contribution in [3.8, 4) is 11.5 Å². The lowest BCUT2D eigenvalue weighted by molar-refractivity contribution is 0.0520. The summed E-state index contributed by atoms with van der Waals surface area (Å²) in [6, 6.07) is 5.26. The van der Waals surface area contributed by atoms with Crippen LogP contribution in [0.25, 0.3) is 0 Å². The van der Waals surface area contributed by atoms with E-state index in [9.17, 15) is 9.59 Å². The molecule has 0 aliphatic rings. The lowest BCUT2D eigenvalue weighted by Gasteiger charge is -2.23. The summed E-state index contributed by atoms with van der Waals surface area (Å²) < 4.78 is 15.8. The van der Waals surface area contributed by atoms with Crippen molar-refractivity contribution in [1.29, 1.82) is 0 Å². The fourth-order valence-corrected chi connectivity index (χ4v) is 3.65. The van der Waals surface area contributed by atoms with Crippen LogP contribution in [0.3, 0.4) is 0 Å². The fourth-order valence-electron chi connectivity index (χ4n) is 2.87. The Morgan fingerprint density at radius 3 is 2.38 bits per heavy atom. The van der Waals surface area contributed by atoms with Crippen molar-refractivity contribution in [3.05, 3.63) is 39.8 Å². The van der Waals surface area contributed by atoms with Crippen molar-refractivity contribution < 1.29 is 23.8 Å². The van der Waals surface area contributed by atoms with E-state index in [4.69, 9.17) is 14.2 Å². The minimum absolute atomic E-state index is 0.191. The van der Waals surface area contributed by atoms with Crippen LogP contribution in [0.4, 0.5) is 0 Å². The molecule has 0 spiro atoms. The summed E-state index contributed by atoms with van der Waals surface area (Å²) in [6.45, 7) is 5.03. The summed E-state index contributed by atoms with van der Waals surface area (Å²) in [6.07, 6.45) is 2.93. The predicted molar refractivity (Wildman–Crippen MR) is 112 cm³/mol. The number of amides is 1. The van der Waals surface area contributed by atoms with Crippen LogP contribution in [-0.4, -0.2) is 49.1 Å². The zero-order valence-electron chi connectivity index (χ0n) is 17.4. The van der Waals surface area contributed by atoms with Gasteiger partial charge in [0, 0.05) is 11.9 Å². The van der Waals surface area contributed by atoms with E-state index >= 15 is 0 Å². The van der Waals surface area contributed by atoms with Crippen LogP contribution in [0.2, 0.25) is 0 Å². The highest BCUT2D eigenvalue weighted by Gasteiger charge is 2.25. The number of aromatic nitrogens is 1. The second-order valence-corrected chi connectivity index (χ2v) is 7.26. The molecule has 0 aliphatic carbocycles. The average Bonchev–Trinajstić information content (AvgIpc) is 3.21. The number of nitrogens with zero attached hydrogens (tertiary/aromatic N) is 2. The molecule has 29 heavy (non-hydrogen) atoms. The van der Waals surface area contributed by atoms with E-state index in [0.717, 1.165) is 19.3 Å². The minimum atomic E-state index is -0.453. The third kappa shape index (κ3) is 5.93. The molecule has 0 radical (unpaired) electrons. The van der Waals surface area contributed by atoms with Crippen LogP contribution in [-0.2, 0) is 11.3 Å². The Labute approximate surface area is 175 Å². The highest BCUT2D eigenvalue weighted by molar-refractivity contribution is 7.09. The first kappa shape index (κ1) is 22.7. The molecular weight excluding hydrogens is 392 g/mol. The van der Waals surface area contributed by atoms with Gasteiger partial charge in [-0.1, -0.05) is 25.8 Å². The van der Waals surface area contributed by atoms with Gasteiger partial charge < -0.3 is 19.1 Å². The molecule has 2 aromatic rings. The number of carbonyl (C=O) groups is 2. The molecule has 7 nitrogen and oxygen atoms in total. The monoisotopic (exact) mass is 420 g/mol. The summed E-state index contributed by atoms with van der Waals surface area (Å²) in [5, 5.41) is 2.33. The first-order chi connectivity index (χ1) is 14.0. The van der Waals surface area contributed by atoms with Crippen molar-refractivity contribution in [1.82, 2.24) is 9.88 Å². The molecule has 0 bridgehead atoms. The second kappa shape index (κ2) is 11.4. The van der Waals surface area contributed by atoms with E-state index in [2.05, 4.69) is 11.9 Å². The van der Waals surface area contributed by atoms with Gasteiger partial charge in [0.25, 0.3) is 5.91 Å². The molecule has 0 saturated carbocycles. The largest absolute Gasteiger partial charge is 0.496 e. The molecule has 2 rings (SSSR count). The Hall–Kier alpha value is -2.61. The zero-order chi connectivity index (χ0) is 21.2. The van der Waals surface area contributed by atoms with Gasteiger partial charge in [-0.15, -0.1) is 11.3 Å². The van der Waals surface area contributed by atoms with Crippen LogP contribution in [0.5, 0.6) is 11.5 Å². The molecule has 1 aromatic heterocycles. The number of benzene rings is 1. The number of ether oxygens (including phenoxy) is 3. The van der Waals surface area contributed by atoms with Gasteiger partial charge in [-0.25, -0.2) is 9.78 Å². The Balaban J connectivity index is 2.29. The molecule has 0 fully saturated rings. The molecule has 0 N–H and O–H groups in total. The third-order valence-electron chi connectivity index (χ3n) is 4.32. The first-order valence-electron chi connectivity index (χ1n) is 9.67. The standard InChI is InChI=1S/C21H28N2O5S/c1-5-7-8-12-23(13-18-22-15(14-29-18)21(25)28-6-2)20(24)19-16(26-3)10-9-11-17(19)27-4/h9-11,14H,5-8,12-13H2,1-4H3. The van der Waals surface area contributed by atoms with Crippen LogP contribution < -0.4 is 9.47 Å². The number of thiazole rings is 1. The van der Waals surface area contributed by atoms with Crippen molar-refractivity contribution in [2.45, 2.75) is 39.7 Å². The van der Waals surface area contributed by atoms with Gasteiger partial charge in [0.2, 0.25) is 0 Å². The highest BCUT2D eigenvalue weighted by Crippen LogP contribution is 2.30. The zero-order valence-corrected chi connectivity index (χ0v) is 18.2. The van der Waals surface area contributed by atoms with Crippen molar-refractivity contribution in [2.24, 2.45) is 0 Å². The van der Waals surface area contributed by atoms with E-state index in [0.29, 0.717) is 41.8 Å². The summed E-state index contributed by atoms with van der Waals surface area (Å²) in [7, 11) is 3.05. The SMILES string of the molecule is CCCCCN(Cc1nc(C(=O)OCC)cs1)C(=O)c1c(OC)cccc1OC. The quantitative estimate of drug-likeness (QED) is 0.401. The number of hydrogen-bond acceptors (Lipinski definition) is 7. The van der Waals surface area contributed by atoms with Gasteiger partial charge in [-0.05, 0) is 25.5 Å². The summed E-state index contributed by atoms with van der Waals surface area (Å²) in [4.78, 5) is 31.4. The van der Waals surface area contributed by atoms with Gasteiger partial charge in [-0.3, -0.25) is 4.79 Å². The number of carbonyl (C=O) groups excluding carboxylic acids is 2. The molecule has 0 saturated heterocycles. The predicted octanol–water partition coefficient (Wildman–Crippen LogP) is 4.17. The normalized spacial score (nSPS) is 10.5. The average molecular weight is 421 g/mol. The maximum Gasteiger partial charge on any atom is 0.357 e.